The number of benzene rings is 1. The Hall–Kier alpha value is -3.88. The standard InChI is InChI=1S/C18H13N7O2/c1-11-9-15(24-27-11)17-22-21-16-13-6-2-3-7-14(13)18(23-25(16)17)26-10-12-5-4-8-19-20-12/h2-9H,10H2,1H3. The maximum atomic E-state index is 5.95. The minimum Gasteiger partial charge on any atom is -0.470 e. The van der Waals surface area contributed by atoms with Crippen LogP contribution in [0.15, 0.2) is 53.2 Å². The van der Waals surface area contributed by atoms with Gasteiger partial charge >= 0.3 is 0 Å². The van der Waals surface area contributed by atoms with E-state index in [1.54, 1.807) is 16.8 Å². The van der Waals surface area contributed by atoms with Crippen molar-refractivity contribution in [3.8, 4) is 17.4 Å². The summed E-state index contributed by atoms with van der Waals surface area (Å²) in [5.41, 5.74) is 1.88. The lowest BCUT2D eigenvalue weighted by Crippen LogP contribution is -2.04. The number of aryl methyl sites for hydroxylation is 1. The molecule has 4 aromatic heterocycles. The van der Waals surface area contributed by atoms with Crippen LogP contribution in [0.4, 0.5) is 0 Å². The summed E-state index contributed by atoms with van der Waals surface area (Å²) in [5, 5.41) is 26.8. The third-order valence-corrected chi connectivity index (χ3v) is 4.07. The molecule has 9 nitrogen and oxygen atoms in total. The van der Waals surface area contributed by atoms with Crippen LogP contribution in [0.2, 0.25) is 0 Å². The topological polar surface area (TPSA) is 104 Å². The third kappa shape index (κ3) is 2.65. The second-order valence-corrected chi connectivity index (χ2v) is 5.94. The number of fused-ring (bicyclic) bond motifs is 3. The zero-order chi connectivity index (χ0) is 18.2. The Morgan fingerprint density at radius 1 is 1.04 bits per heavy atom. The van der Waals surface area contributed by atoms with Gasteiger partial charge in [-0.25, -0.2) is 0 Å². The summed E-state index contributed by atoms with van der Waals surface area (Å²) in [5.74, 6) is 1.61. The first kappa shape index (κ1) is 15.4. The summed E-state index contributed by atoms with van der Waals surface area (Å²) in [7, 11) is 0. The summed E-state index contributed by atoms with van der Waals surface area (Å²) in [6, 6.07) is 13.2. The van der Waals surface area contributed by atoms with Crippen LogP contribution in [0.25, 0.3) is 27.9 Å². The highest BCUT2D eigenvalue weighted by atomic mass is 16.5. The van der Waals surface area contributed by atoms with Gasteiger partial charge in [-0.2, -0.15) is 14.7 Å². The van der Waals surface area contributed by atoms with E-state index < -0.39 is 0 Å². The molecule has 0 aliphatic rings. The molecule has 5 aromatic rings. The van der Waals surface area contributed by atoms with E-state index >= 15 is 0 Å². The van der Waals surface area contributed by atoms with Gasteiger partial charge in [0.2, 0.25) is 11.7 Å². The van der Waals surface area contributed by atoms with Gasteiger partial charge in [-0.3, -0.25) is 0 Å². The van der Waals surface area contributed by atoms with Crippen LogP contribution in [-0.4, -0.2) is 35.2 Å². The number of hydrogen-bond donors (Lipinski definition) is 0. The molecule has 0 fully saturated rings. The summed E-state index contributed by atoms with van der Waals surface area (Å²) >= 11 is 0. The molecule has 4 heterocycles. The quantitative estimate of drug-likeness (QED) is 0.482. The molecule has 0 aliphatic carbocycles. The van der Waals surface area contributed by atoms with Gasteiger partial charge < -0.3 is 9.26 Å². The van der Waals surface area contributed by atoms with Crippen LogP contribution >= 0.6 is 0 Å². The maximum Gasteiger partial charge on any atom is 0.240 e. The Bertz CT molecular complexity index is 1250. The van der Waals surface area contributed by atoms with Crippen LogP contribution < -0.4 is 4.74 Å². The lowest BCUT2D eigenvalue weighted by atomic mass is 10.2. The first-order chi connectivity index (χ1) is 13.3. The van der Waals surface area contributed by atoms with E-state index in [0.717, 1.165) is 10.8 Å². The number of rotatable bonds is 4. The molecule has 0 saturated heterocycles. The highest BCUT2D eigenvalue weighted by Gasteiger charge is 2.18. The zero-order valence-electron chi connectivity index (χ0n) is 14.3. The number of aromatic nitrogens is 7. The molecule has 132 valence electrons. The van der Waals surface area contributed by atoms with E-state index in [-0.39, 0.29) is 6.61 Å². The van der Waals surface area contributed by atoms with Crippen LogP contribution in [0.1, 0.15) is 11.5 Å². The predicted octanol–water partition coefficient (Wildman–Crippen LogP) is 2.61. The smallest absolute Gasteiger partial charge is 0.240 e. The zero-order valence-corrected chi connectivity index (χ0v) is 14.3. The Kier molecular flexibility index (Phi) is 3.49. The van der Waals surface area contributed by atoms with Gasteiger partial charge in [0.05, 0.1) is 0 Å². The van der Waals surface area contributed by atoms with E-state index in [2.05, 4.69) is 30.7 Å². The van der Waals surface area contributed by atoms with Gasteiger partial charge in [0, 0.05) is 23.0 Å². The Morgan fingerprint density at radius 2 is 1.93 bits per heavy atom. The van der Waals surface area contributed by atoms with E-state index in [1.807, 2.05) is 43.3 Å². The molecule has 0 amide bonds. The van der Waals surface area contributed by atoms with Gasteiger partial charge in [-0.05, 0) is 25.1 Å². The fraction of sp³-hybridized carbons (Fsp3) is 0.111. The van der Waals surface area contributed by atoms with Crippen molar-refractivity contribution < 1.29 is 9.26 Å². The molecule has 5 rings (SSSR count). The molecule has 0 atom stereocenters. The minimum atomic E-state index is 0.247. The van der Waals surface area contributed by atoms with Crippen molar-refractivity contribution in [3.05, 3.63) is 60.1 Å². The van der Waals surface area contributed by atoms with E-state index in [1.165, 1.54) is 0 Å². The van der Waals surface area contributed by atoms with Crippen molar-refractivity contribution >= 4 is 16.4 Å². The predicted molar refractivity (Wildman–Crippen MR) is 94.9 cm³/mol. The molecule has 0 saturated carbocycles. The molecule has 9 heteroatoms. The van der Waals surface area contributed by atoms with Crippen molar-refractivity contribution in [2.75, 3.05) is 0 Å². The molecule has 0 radical (unpaired) electrons. The van der Waals surface area contributed by atoms with Crippen molar-refractivity contribution in [2.45, 2.75) is 13.5 Å². The average Bonchev–Trinajstić information content (AvgIpc) is 3.33. The number of nitrogens with zero attached hydrogens (tertiary/aromatic N) is 7. The molecule has 0 N–H and O–H groups in total. The Morgan fingerprint density at radius 3 is 2.70 bits per heavy atom. The molecule has 27 heavy (non-hydrogen) atoms. The maximum absolute atomic E-state index is 5.95. The minimum absolute atomic E-state index is 0.247. The summed E-state index contributed by atoms with van der Waals surface area (Å²) in [6.45, 7) is 2.06. The van der Waals surface area contributed by atoms with E-state index in [9.17, 15) is 0 Å². The average molecular weight is 359 g/mol. The second kappa shape index (κ2) is 6.13. The third-order valence-electron chi connectivity index (χ3n) is 4.07. The van der Waals surface area contributed by atoms with Crippen LogP contribution in [0.3, 0.4) is 0 Å². The molecule has 1 aromatic carbocycles. The monoisotopic (exact) mass is 359 g/mol. The van der Waals surface area contributed by atoms with Crippen molar-refractivity contribution in [3.63, 3.8) is 0 Å². The van der Waals surface area contributed by atoms with Gasteiger partial charge in [-0.1, -0.05) is 23.4 Å². The van der Waals surface area contributed by atoms with Crippen LogP contribution in [0.5, 0.6) is 5.88 Å². The fourth-order valence-corrected chi connectivity index (χ4v) is 2.84. The molecular weight excluding hydrogens is 346 g/mol. The molecule has 0 bridgehead atoms. The largest absolute Gasteiger partial charge is 0.470 e. The van der Waals surface area contributed by atoms with Crippen LogP contribution in [-0.2, 0) is 6.61 Å². The molecule has 0 spiro atoms. The van der Waals surface area contributed by atoms with Crippen LogP contribution in [0, 0.1) is 6.92 Å². The number of hydrogen-bond acceptors (Lipinski definition) is 8. The Labute approximate surface area is 152 Å². The highest BCUT2D eigenvalue weighted by molar-refractivity contribution is 5.96. The van der Waals surface area contributed by atoms with Gasteiger partial charge in [0.15, 0.2) is 11.3 Å². The van der Waals surface area contributed by atoms with Crippen molar-refractivity contribution in [1.29, 1.82) is 0 Å². The summed E-state index contributed by atoms with van der Waals surface area (Å²) in [4.78, 5) is 0. The molecule has 0 aliphatic heterocycles. The number of ether oxygens (including phenoxy) is 1. The lowest BCUT2D eigenvalue weighted by molar-refractivity contribution is 0.287. The second-order valence-electron chi connectivity index (χ2n) is 5.94. The first-order valence-corrected chi connectivity index (χ1v) is 8.27. The van der Waals surface area contributed by atoms with Gasteiger partial charge in [0.25, 0.3) is 0 Å². The van der Waals surface area contributed by atoms with Gasteiger partial charge in [0.1, 0.15) is 18.1 Å². The van der Waals surface area contributed by atoms with E-state index in [4.69, 9.17) is 9.26 Å². The highest BCUT2D eigenvalue weighted by Crippen LogP contribution is 2.28. The molecule has 0 unspecified atom stereocenters. The van der Waals surface area contributed by atoms with E-state index in [0.29, 0.717) is 34.5 Å². The van der Waals surface area contributed by atoms with Crippen molar-refractivity contribution in [2.24, 2.45) is 0 Å². The molecular formula is C18H13N7O2. The van der Waals surface area contributed by atoms with Crippen molar-refractivity contribution in [1.82, 2.24) is 35.2 Å². The lowest BCUT2D eigenvalue weighted by Gasteiger charge is -2.09. The first-order valence-electron chi connectivity index (χ1n) is 8.27. The fourth-order valence-electron chi connectivity index (χ4n) is 2.84. The van der Waals surface area contributed by atoms with Gasteiger partial charge in [-0.15, -0.1) is 15.3 Å². The summed E-state index contributed by atoms with van der Waals surface area (Å²) < 4.78 is 12.7. The summed E-state index contributed by atoms with van der Waals surface area (Å²) in [6.07, 6.45) is 1.62. The SMILES string of the molecule is Cc1cc(-c2nnc3c4ccccc4c(OCc4cccnn4)nn23)no1. The normalized spacial score (nSPS) is 11.3. The Balaban J connectivity index is 1.66.